The molecule has 0 amide bonds. The number of ether oxygens (including phenoxy) is 3. The number of hydrogen-bond acceptors (Lipinski definition) is 6. The highest BCUT2D eigenvalue weighted by Gasteiger charge is 2.23. The minimum Gasteiger partial charge on any atom is -0.493 e. The van der Waals surface area contributed by atoms with Crippen LogP contribution in [-0.2, 0) is 14.3 Å². The Labute approximate surface area is 157 Å². The van der Waals surface area contributed by atoms with E-state index in [9.17, 15) is 14.4 Å². The lowest BCUT2D eigenvalue weighted by Crippen LogP contribution is -2.17. The zero-order valence-electron chi connectivity index (χ0n) is 15.7. The number of aryl methyl sites for hydroxylation is 1. The number of H-pyrrole nitrogens is 1. The fourth-order valence-corrected chi connectivity index (χ4v) is 2.63. The smallest absolute Gasteiger partial charge is 0.355 e. The molecule has 0 saturated heterocycles. The van der Waals surface area contributed by atoms with Crippen molar-refractivity contribution in [2.45, 2.75) is 27.2 Å². The van der Waals surface area contributed by atoms with Gasteiger partial charge in [-0.2, -0.15) is 0 Å². The minimum absolute atomic E-state index is 0.0291. The Balaban J connectivity index is 1.86. The molecule has 0 saturated carbocycles. The van der Waals surface area contributed by atoms with Gasteiger partial charge in [-0.25, -0.2) is 4.79 Å². The molecule has 1 N–H and O–H groups in total. The van der Waals surface area contributed by atoms with E-state index in [0.29, 0.717) is 22.6 Å². The van der Waals surface area contributed by atoms with Gasteiger partial charge in [-0.1, -0.05) is 18.2 Å². The summed E-state index contributed by atoms with van der Waals surface area (Å²) in [6.45, 7) is 5.04. The maximum absolute atomic E-state index is 12.4. The maximum atomic E-state index is 12.4. The number of para-hydroxylation sites is 1. The lowest BCUT2D eigenvalue weighted by atomic mass is 10.1. The van der Waals surface area contributed by atoms with E-state index in [-0.39, 0.29) is 31.1 Å². The van der Waals surface area contributed by atoms with Crippen LogP contribution < -0.4 is 4.74 Å². The quantitative estimate of drug-likeness (QED) is 0.536. The van der Waals surface area contributed by atoms with Gasteiger partial charge in [-0.15, -0.1) is 0 Å². The Bertz CT molecular complexity index is 809. The summed E-state index contributed by atoms with van der Waals surface area (Å²) in [5.41, 5.74) is 1.59. The molecule has 7 nitrogen and oxygen atoms in total. The molecular formula is C20H23NO6. The number of carbonyl (C=O) groups is 3. The van der Waals surface area contributed by atoms with Crippen LogP contribution in [0, 0.1) is 13.8 Å². The largest absolute Gasteiger partial charge is 0.493 e. The molecule has 0 radical (unpaired) electrons. The Morgan fingerprint density at radius 1 is 1.04 bits per heavy atom. The van der Waals surface area contributed by atoms with Crippen molar-refractivity contribution in [1.29, 1.82) is 0 Å². The molecule has 2 aromatic rings. The average molecular weight is 373 g/mol. The second-order valence-corrected chi connectivity index (χ2v) is 5.84. The van der Waals surface area contributed by atoms with Crippen LogP contribution in [0.1, 0.15) is 45.4 Å². The third-order valence-corrected chi connectivity index (χ3v) is 3.88. The number of hydrogen-bond donors (Lipinski definition) is 1. The molecule has 0 unspecified atom stereocenters. The third kappa shape index (κ3) is 5.44. The standard InChI is InChI=1S/C20H23NO6/c1-4-25-20(24)19-13(2)18(14(3)21-19)16(22)12-27-17(23)10-11-26-15-8-6-5-7-9-15/h5-9,21H,4,10-12H2,1-3H3. The summed E-state index contributed by atoms with van der Waals surface area (Å²) in [5.74, 6) is -0.775. The number of aromatic amines is 1. The van der Waals surface area contributed by atoms with Crippen LogP contribution in [0.2, 0.25) is 0 Å². The third-order valence-electron chi connectivity index (χ3n) is 3.88. The second kappa shape index (κ2) is 9.56. The molecule has 0 aliphatic carbocycles. The minimum atomic E-state index is -0.532. The van der Waals surface area contributed by atoms with Gasteiger partial charge >= 0.3 is 11.9 Å². The zero-order valence-corrected chi connectivity index (χ0v) is 15.7. The number of aromatic nitrogens is 1. The normalized spacial score (nSPS) is 10.3. The molecule has 0 spiro atoms. The van der Waals surface area contributed by atoms with Crippen LogP contribution in [0.4, 0.5) is 0 Å². The lowest BCUT2D eigenvalue weighted by Gasteiger charge is -2.07. The van der Waals surface area contributed by atoms with Crippen LogP contribution in [0.5, 0.6) is 5.75 Å². The summed E-state index contributed by atoms with van der Waals surface area (Å²) in [6, 6.07) is 9.10. The Kier molecular flexibility index (Phi) is 7.16. The van der Waals surface area contributed by atoms with E-state index in [1.54, 1.807) is 32.9 Å². The zero-order chi connectivity index (χ0) is 19.8. The van der Waals surface area contributed by atoms with Crippen LogP contribution in [0.25, 0.3) is 0 Å². The molecule has 0 aliphatic rings. The number of esters is 2. The summed E-state index contributed by atoms with van der Waals surface area (Å²) < 4.78 is 15.4. The van der Waals surface area contributed by atoms with Gasteiger partial charge in [-0.3, -0.25) is 9.59 Å². The SMILES string of the molecule is CCOC(=O)c1[nH]c(C)c(C(=O)COC(=O)CCOc2ccccc2)c1C. The first-order valence-electron chi connectivity index (χ1n) is 8.67. The predicted octanol–water partition coefficient (Wildman–Crippen LogP) is 3.00. The molecule has 0 aliphatic heterocycles. The molecule has 0 bridgehead atoms. The van der Waals surface area contributed by atoms with Crippen LogP contribution >= 0.6 is 0 Å². The highest BCUT2D eigenvalue weighted by molar-refractivity contribution is 6.03. The number of carbonyl (C=O) groups excluding carboxylic acids is 3. The van der Waals surface area contributed by atoms with Crippen LogP contribution in [-0.4, -0.2) is 42.5 Å². The monoisotopic (exact) mass is 373 g/mol. The van der Waals surface area contributed by atoms with E-state index in [4.69, 9.17) is 14.2 Å². The molecule has 1 aromatic carbocycles. The van der Waals surface area contributed by atoms with Crippen molar-refractivity contribution in [3.05, 3.63) is 52.8 Å². The van der Waals surface area contributed by atoms with E-state index in [0.717, 1.165) is 0 Å². The fourth-order valence-electron chi connectivity index (χ4n) is 2.63. The van der Waals surface area contributed by atoms with Gasteiger partial charge in [0.15, 0.2) is 6.61 Å². The van der Waals surface area contributed by atoms with E-state index in [1.807, 2.05) is 18.2 Å². The van der Waals surface area contributed by atoms with E-state index in [1.165, 1.54) is 0 Å². The van der Waals surface area contributed by atoms with Crippen molar-refractivity contribution in [2.75, 3.05) is 19.8 Å². The molecule has 7 heteroatoms. The van der Waals surface area contributed by atoms with Gasteiger partial charge < -0.3 is 19.2 Å². The van der Waals surface area contributed by atoms with Gasteiger partial charge in [0, 0.05) is 11.3 Å². The molecule has 1 aromatic heterocycles. The number of Topliss-reactive ketones (excluding diaryl/α,β-unsaturated/α-hetero) is 1. The van der Waals surface area contributed by atoms with Crippen molar-refractivity contribution < 1.29 is 28.6 Å². The Hall–Kier alpha value is -3.09. The van der Waals surface area contributed by atoms with Crippen molar-refractivity contribution in [3.63, 3.8) is 0 Å². The van der Waals surface area contributed by atoms with Crippen LogP contribution in [0.15, 0.2) is 30.3 Å². The van der Waals surface area contributed by atoms with Gasteiger partial charge in [0.1, 0.15) is 11.4 Å². The predicted molar refractivity (Wildman–Crippen MR) is 98.1 cm³/mol. The van der Waals surface area contributed by atoms with Crippen molar-refractivity contribution in [3.8, 4) is 5.75 Å². The molecule has 0 atom stereocenters. The van der Waals surface area contributed by atoms with Crippen molar-refractivity contribution in [1.82, 2.24) is 4.98 Å². The summed E-state index contributed by atoms with van der Waals surface area (Å²) >= 11 is 0. The first-order valence-corrected chi connectivity index (χ1v) is 8.67. The van der Waals surface area contributed by atoms with Gasteiger partial charge in [0.05, 0.1) is 19.6 Å². The highest BCUT2D eigenvalue weighted by Crippen LogP contribution is 2.19. The molecule has 144 valence electrons. The van der Waals surface area contributed by atoms with E-state index >= 15 is 0 Å². The second-order valence-electron chi connectivity index (χ2n) is 5.84. The van der Waals surface area contributed by atoms with E-state index in [2.05, 4.69) is 4.98 Å². The molecule has 1 heterocycles. The van der Waals surface area contributed by atoms with Crippen molar-refractivity contribution in [2.24, 2.45) is 0 Å². The van der Waals surface area contributed by atoms with Gasteiger partial charge in [-0.05, 0) is 38.5 Å². The summed E-state index contributed by atoms with van der Waals surface area (Å²) in [6.07, 6.45) is 0.0291. The fraction of sp³-hybridized carbons (Fsp3) is 0.350. The maximum Gasteiger partial charge on any atom is 0.355 e. The molecule has 27 heavy (non-hydrogen) atoms. The molecular weight excluding hydrogens is 350 g/mol. The first-order chi connectivity index (χ1) is 12.9. The van der Waals surface area contributed by atoms with Crippen molar-refractivity contribution >= 4 is 17.7 Å². The topological polar surface area (TPSA) is 94.7 Å². The van der Waals surface area contributed by atoms with Crippen LogP contribution in [0.3, 0.4) is 0 Å². The number of benzene rings is 1. The number of nitrogens with one attached hydrogen (secondary N) is 1. The Morgan fingerprint density at radius 3 is 2.41 bits per heavy atom. The number of rotatable bonds is 9. The van der Waals surface area contributed by atoms with Gasteiger partial charge in [0.25, 0.3) is 0 Å². The summed E-state index contributed by atoms with van der Waals surface area (Å²) in [4.78, 5) is 39.0. The van der Waals surface area contributed by atoms with E-state index < -0.39 is 18.5 Å². The number of ketones is 1. The summed E-state index contributed by atoms with van der Waals surface area (Å²) in [7, 11) is 0. The first kappa shape index (κ1) is 20.2. The molecule has 0 fully saturated rings. The molecule has 2 rings (SSSR count). The highest BCUT2D eigenvalue weighted by atomic mass is 16.5. The summed E-state index contributed by atoms with van der Waals surface area (Å²) in [5, 5.41) is 0. The lowest BCUT2D eigenvalue weighted by molar-refractivity contribution is -0.143. The average Bonchev–Trinajstić information content (AvgIpc) is 2.95. The van der Waals surface area contributed by atoms with Gasteiger partial charge in [0.2, 0.25) is 5.78 Å². The Morgan fingerprint density at radius 2 is 1.74 bits per heavy atom.